The van der Waals surface area contributed by atoms with E-state index in [1.165, 1.54) is 12.1 Å². The second-order valence-corrected chi connectivity index (χ2v) is 8.33. The Morgan fingerprint density at radius 1 is 0.868 bits per heavy atom. The van der Waals surface area contributed by atoms with Crippen LogP contribution in [0.3, 0.4) is 0 Å². The van der Waals surface area contributed by atoms with Crippen LogP contribution >= 0.6 is 0 Å². The van der Waals surface area contributed by atoms with Crippen molar-refractivity contribution in [2.24, 2.45) is 0 Å². The van der Waals surface area contributed by atoms with Gasteiger partial charge in [0.05, 0.1) is 23.2 Å². The summed E-state index contributed by atoms with van der Waals surface area (Å²) < 4.78 is 86.3. The highest BCUT2D eigenvalue weighted by Crippen LogP contribution is 2.50. The zero-order chi connectivity index (χ0) is 27.7. The molecular weight excluding hydrogens is 518 g/mol. The molecule has 0 radical (unpaired) electrons. The molecule has 0 aliphatic heterocycles. The summed E-state index contributed by atoms with van der Waals surface area (Å²) >= 11 is 0. The van der Waals surface area contributed by atoms with Gasteiger partial charge in [-0.2, -0.15) is 26.3 Å². The Balaban J connectivity index is 1.89. The normalized spacial score (nSPS) is 12.6. The lowest BCUT2D eigenvalue weighted by atomic mass is 9.92. The Morgan fingerprint density at radius 2 is 1.50 bits per heavy atom. The zero-order valence-electron chi connectivity index (χ0n) is 19.4. The van der Waals surface area contributed by atoms with Gasteiger partial charge in [-0.05, 0) is 35.9 Å². The van der Waals surface area contributed by atoms with E-state index < -0.39 is 29.1 Å². The predicted molar refractivity (Wildman–Crippen MR) is 125 cm³/mol. The molecule has 12 heteroatoms. The largest absolute Gasteiger partial charge is 0.491 e. The third-order valence-corrected chi connectivity index (χ3v) is 5.84. The van der Waals surface area contributed by atoms with Crippen LogP contribution in [0.5, 0.6) is 5.75 Å². The number of rotatable bonds is 7. The molecule has 0 aliphatic carbocycles. The van der Waals surface area contributed by atoms with Crippen molar-refractivity contribution in [2.45, 2.75) is 24.4 Å². The van der Waals surface area contributed by atoms with Crippen LogP contribution in [0.25, 0.3) is 16.6 Å². The van der Waals surface area contributed by atoms with Gasteiger partial charge in [0, 0.05) is 12.0 Å². The highest BCUT2D eigenvalue weighted by molar-refractivity contribution is 5.79. The molecule has 0 fully saturated rings. The van der Waals surface area contributed by atoms with Crippen LogP contribution in [0.1, 0.15) is 17.0 Å². The van der Waals surface area contributed by atoms with Crippen molar-refractivity contribution < 1.29 is 41.3 Å². The van der Waals surface area contributed by atoms with Crippen molar-refractivity contribution in [3.8, 4) is 11.4 Å². The van der Waals surface area contributed by atoms with Crippen LogP contribution in [-0.4, -0.2) is 45.3 Å². The van der Waals surface area contributed by atoms with Crippen LogP contribution in [0, 0.1) is 0 Å². The first-order chi connectivity index (χ1) is 17.9. The van der Waals surface area contributed by atoms with Gasteiger partial charge in [0.15, 0.2) is 0 Å². The van der Waals surface area contributed by atoms with E-state index in [0.29, 0.717) is 12.1 Å². The minimum absolute atomic E-state index is 0.0397. The quantitative estimate of drug-likeness (QED) is 0.335. The summed E-state index contributed by atoms with van der Waals surface area (Å²) in [7, 11) is 0. The number of ether oxygens (including phenoxy) is 1. The second-order valence-electron chi connectivity index (χ2n) is 8.33. The van der Waals surface area contributed by atoms with Gasteiger partial charge in [-0.25, -0.2) is 4.98 Å². The van der Waals surface area contributed by atoms with E-state index in [2.05, 4.69) is 4.98 Å². The summed E-state index contributed by atoms with van der Waals surface area (Å²) in [4.78, 5) is 18.1. The summed E-state index contributed by atoms with van der Waals surface area (Å²) in [5, 5.41) is 18.8. The molecule has 0 aliphatic rings. The molecule has 4 rings (SSSR count). The van der Waals surface area contributed by atoms with Crippen molar-refractivity contribution in [3.63, 3.8) is 0 Å². The van der Waals surface area contributed by atoms with Gasteiger partial charge in [0.1, 0.15) is 18.2 Å². The molecule has 0 saturated carbocycles. The van der Waals surface area contributed by atoms with E-state index in [-0.39, 0.29) is 47.8 Å². The average molecular weight is 538 g/mol. The maximum Gasteiger partial charge on any atom is 0.430 e. The van der Waals surface area contributed by atoms with E-state index in [0.717, 1.165) is 22.3 Å². The molecule has 4 aromatic rings. The summed E-state index contributed by atoms with van der Waals surface area (Å²) in [6, 6.07) is 16.0. The molecular formula is C26H20F6N2O4. The van der Waals surface area contributed by atoms with E-state index in [9.17, 15) is 36.2 Å². The van der Waals surface area contributed by atoms with Gasteiger partial charge in [-0.1, -0.05) is 42.5 Å². The topological polar surface area (TPSA) is 84.6 Å². The van der Waals surface area contributed by atoms with Crippen molar-refractivity contribution in [2.75, 3.05) is 13.2 Å². The Labute approximate surface area is 211 Å². The van der Waals surface area contributed by atoms with Crippen molar-refractivity contribution in [3.05, 3.63) is 100 Å². The summed E-state index contributed by atoms with van der Waals surface area (Å²) in [5.74, 6) is 0.427. The molecule has 0 unspecified atom stereocenters. The van der Waals surface area contributed by atoms with Crippen LogP contribution in [0.4, 0.5) is 26.3 Å². The molecule has 38 heavy (non-hydrogen) atoms. The number of halogens is 6. The van der Waals surface area contributed by atoms with Gasteiger partial charge in [-0.15, -0.1) is 0 Å². The number of nitrogens with zero attached hydrogens (tertiary/aromatic N) is 2. The Morgan fingerprint density at radius 3 is 2.08 bits per heavy atom. The maximum absolute atomic E-state index is 13.6. The average Bonchev–Trinajstić information content (AvgIpc) is 2.87. The Hall–Kier alpha value is -3.90. The van der Waals surface area contributed by atoms with E-state index >= 15 is 0 Å². The number of hydrogen-bond acceptors (Lipinski definition) is 5. The molecule has 2 N–H and O–H groups in total. The fourth-order valence-corrected chi connectivity index (χ4v) is 3.97. The number of hydrogen-bond donors (Lipinski definition) is 2. The Kier molecular flexibility index (Phi) is 7.22. The van der Waals surface area contributed by atoms with E-state index in [4.69, 9.17) is 9.84 Å². The van der Waals surface area contributed by atoms with Gasteiger partial charge in [0.2, 0.25) is 0 Å². The summed E-state index contributed by atoms with van der Waals surface area (Å²) in [6.07, 6.45) is -12.0. The van der Waals surface area contributed by atoms with Crippen molar-refractivity contribution >= 4 is 10.9 Å². The smallest absolute Gasteiger partial charge is 0.430 e. The van der Waals surface area contributed by atoms with Crippen LogP contribution < -0.4 is 10.3 Å². The second kappa shape index (κ2) is 10.1. The van der Waals surface area contributed by atoms with E-state index in [1.807, 2.05) is 0 Å². The lowest BCUT2D eigenvalue weighted by molar-refractivity contribution is -0.376. The van der Waals surface area contributed by atoms with Gasteiger partial charge in [-0.3, -0.25) is 9.36 Å². The predicted octanol–water partition coefficient (Wildman–Crippen LogP) is 4.66. The first kappa shape index (κ1) is 27.1. The maximum atomic E-state index is 13.6. The number of benzene rings is 3. The number of aromatic nitrogens is 2. The van der Waals surface area contributed by atoms with Crippen molar-refractivity contribution in [1.29, 1.82) is 0 Å². The highest BCUT2D eigenvalue weighted by atomic mass is 19.4. The third kappa shape index (κ3) is 4.96. The molecule has 0 spiro atoms. The fraction of sp³-hybridized carbons (Fsp3) is 0.231. The van der Waals surface area contributed by atoms with Crippen LogP contribution in [0.15, 0.2) is 77.6 Å². The first-order valence-corrected chi connectivity index (χ1v) is 11.2. The number of alkyl halides is 6. The lowest BCUT2D eigenvalue weighted by Crippen LogP contribution is -2.53. The molecule has 0 amide bonds. The van der Waals surface area contributed by atoms with E-state index in [1.54, 1.807) is 36.4 Å². The van der Waals surface area contributed by atoms with Gasteiger partial charge in [0.25, 0.3) is 11.2 Å². The first-order valence-electron chi connectivity index (χ1n) is 11.2. The fourth-order valence-electron chi connectivity index (χ4n) is 3.97. The Bertz CT molecular complexity index is 1470. The van der Waals surface area contributed by atoms with Gasteiger partial charge >= 0.3 is 12.4 Å². The number of aliphatic hydroxyl groups is 2. The minimum Gasteiger partial charge on any atom is -0.491 e. The molecule has 0 atom stereocenters. The summed E-state index contributed by atoms with van der Waals surface area (Å²) in [5.41, 5.74) is -6.23. The standard InChI is InChI=1S/C26H20F6N2O4/c27-25(28,29)24(37,26(30,31)32)17-6-8-18(9-7-17)34-22(14-16-4-2-1-3-5-16)33-21-11-10-19(38-13-12-35)15-20(21)23(34)36/h1-11,15,35,37H,12-14H2. The molecule has 200 valence electrons. The minimum atomic E-state index is -6.04. The van der Waals surface area contributed by atoms with Crippen molar-refractivity contribution in [1.82, 2.24) is 9.55 Å². The van der Waals surface area contributed by atoms with Crippen LogP contribution in [-0.2, 0) is 12.0 Å². The lowest BCUT2D eigenvalue weighted by Gasteiger charge is -2.32. The molecule has 0 saturated heterocycles. The number of fused-ring (bicyclic) bond motifs is 1. The molecule has 0 bridgehead atoms. The zero-order valence-corrected chi connectivity index (χ0v) is 19.4. The monoisotopic (exact) mass is 538 g/mol. The molecule has 1 heterocycles. The highest BCUT2D eigenvalue weighted by Gasteiger charge is 2.71. The third-order valence-electron chi connectivity index (χ3n) is 5.84. The van der Waals surface area contributed by atoms with Crippen LogP contribution in [0.2, 0.25) is 0 Å². The molecule has 3 aromatic carbocycles. The SMILES string of the molecule is O=c1c2cc(OCCO)ccc2nc(Cc2ccccc2)n1-c1ccc(C(O)(C(F)(F)F)C(F)(F)F)cc1. The molecule has 1 aromatic heterocycles. The van der Waals surface area contributed by atoms with Gasteiger partial charge < -0.3 is 14.9 Å². The number of aliphatic hydroxyl groups excluding tert-OH is 1. The summed E-state index contributed by atoms with van der Waals surface area (Å²) in [6.45, 7) is -0.312. The molecule has 6 nitrogen and oxygen atoms in total.